The molecule has 0 atom stereocenters. The van der Waals surface area contributed by atoms with Gasteiger partial charge in [0.05, 0.1) is 10.6 Å². The van der Waals surface area contributed by atoms with Gasteiger partial charge in [-0.2, -0.15) is 0 Å². The van der Waals surface area contributed by atoms with Crippen molar-refractivity contribution in [3.63, 3.8) is 0 Å². The molecule has 0 aliphatic carbocycles. The molecule has 0 saturated carbocycles. The first-order chi connectivity index (χ1) is 14.2. The van der Waals surface area contributed by atoms with E-state index in [1.54, 1.807) is 43.4 Å². The Labute approximate surface area is 180 Å². The van der Waals surface area contributed by atoms with Gasteiger partial charge in [-0.15, -0.1) is 0 Å². The Balaban J connectivity index is 1.74. The van der Waals surface area contributed by atoms with Crippen LogP contribution in [-0.4, -0.2) is 33.3 Å². The van der Waals surface area contributed by atoms with E-state index in [4.69, 9.17) is 11.6 Å². The van der Waals surface area contributed by atoms with E-state index < -0.39 is 10.0 Å². The first kappa shape index (κ1) is 21.8. The monoisotopic (exact) mass is 446 g/mol. The van der Waals surface area contributed by atoms with Gasteiger partial charge >= 0.3 is 0 Å². The lowest BCUT2D eigenvalue weighted by molar-refractivity contribution is 0.0785. The molecule has 5 nitrogen and oxygen atoms in total. The van der Waals surface area contributed by atoms with Crippen molar-refractivity contribution in [3.8, 4) is 0 Å². The van der Waals surface area contributed by atoms with Crippen molar-refractivity contribution in [2.45, 2.75) is 11.4 Å². The van der Waals surface area contributed by atoms with Gasteiger partial charge in [0, 0.05) is 31.2 Å². The highest BCUT2D eigenvalue weighted by molar-refractivity contribution is 7.92. The van der Waals surface area contributed by atoms with Crippen molar-refractivity contribution >= 4 is 33.2 Å². The van der Waals surface area contributed by atoms with Crippen molar-refractivity contribution < 1.29 is 17.6 Å². The van der Waals surface area contributed by atoms with E-state index >= 15 is 0 Å². The maximum Gasteiger partial charge on any atom is 0.264 e. The largest absolute Gasteiger partial charge is 0.337 e. The molecule has 156 valence electrons. The zero-order valence-corrected chi connectivity index (χ0v) is 18.0. The van der Waals surface area contributed by atoms with E-state index in [1.807, 2.05) is 0 Å². The Morgan fingerprint density at radius 3 is 2.03 bits per heavy atom. The van der Waals surface area contributed by atoms with E-state index in [9.17, 15) is 17.6 Å². The van der Waals surface area contributed by atoms with Gasteiger partial charge in [0.15, 0.2) is 0 Å². The second-order valence-electron chi connectivity index (χ2n) is 6.76. The molecule has 0 aromatic heterocycles. The maximum atomic E-state index is 13.0. The Hall–Kier alpha value is -2.90. The molecule has 0 saturated heterocycles. The standard InChI is InChI=1S/C22H20ClFN2O3S/c1-25(15-16-3-9-19(24)10-4-16)22(27)17-5-11-20(12-6-17)26(2)30(28,29)21-13-7-18(23)8-14-21/h3-14H,15H2,1-2H3. The Morgan fingerprint density at radius 1 is 0.900 bits per heavy atom. The van der Waals surface area contributed by atoms with Crippen LogP contribution in [0.4, 0.5) is 10.1 Å². The van der Waals surface area contributed by atoms with Crippen LogP contribution in [0.2, 0.25) is 5.02 Å². The number of sulfonamides is 1. The van der Waals surface area contributed by atoms with Crippen LogP contribution in [0.1, 0.15) is 15.9 Å². The zero-order valence-electron chi connectivity index (χ0n) is 16.4. The lowest BCUT2D eigenvalue weighted by atomic mass is 10.1. The van der Waals surface area contributed by atoms with Crippen LogP contribution in [0.15, 0.2) is 77.7 Å². The van der Waals surface area contributed by atoms with Gasteiger partial charge in [0.25, 0.3) is 15.9 Å². The first-order valence-electron chi connectivity index (χ1n) is 9.03. The summed E-state index contributed by atoms with van der Waals surface area (Å²) in [6, 6.07) is 18.2. The third-order valence-corrected chi connectivity index (χ3v) is 6.68. The number of anilines is 1. The molecule has 0 bridgehead atoms. The number of carbonyl (C=O) groups excluding carboxylic acids is 1. The van der Waals surface area contributed by atoms with E-state index in [1.165, 1.54) is 48.3 Å². The van der Waals surface area contributed by atoms with Gasteiger partial charge in [-0.05, 0) is 66.2 Å². The summed E-state index contributed by atoms with van der Waals surface area (Å²) in [4.78, 5) is 14.3. The van der Waals surface area contributed by atoms with Gasteiger partial charge in [-0.1, -0.05) is 23.7 Å². The summed E-state index contributed by atoms with van der Waals surface area (Å²) < 4.78 is 39.7. The number of hydrogen-bond donors (Lipinski definition) is 0. The lowest BCUT2D eigenvalue weighted by Gasteiger charge is -2.21. The fourth-order valence-corrected chi connectivity index (χ4v) is 4.19. The van der Waals surface area contributed by atoms with Crippen LogP contribution >= 0.6 is 11.6 Å². The molecule has 0 aliphatic rings. The minimum Gasteiger partial charge on any atom is -0.337 e. The normalized spacial score (nSPS) is 11.2. The molecule has 0 fully saturated rings. The fourth-order valence-electron chi connectivity index (χ4n) is 2.87. The molecular formula is C22H20ClFN2O3S. The number of benzene rings is 3. The van der Waals surface area contributed by atoms with E-state index in [0.29, 0.717) is 22.8 Å². The lowest BCUT2D eigenvalue weighted by Crippen LogP contribution is -2.27. The molecule has 0 N–H and O–H groups in total. The third-order valence-electron chi connectivity index (χ3n) is 4.63. The molecule has 0 spiro atoms. The zero-order chi connectivity index (χ0) is 21.9. The molecular weight excluding hydrogens is 427 g/mol. The highest BCUT2D eigenvalue weighted by atomic mass is 35.5. The second kappa shape index (κ2) is 8.85. The van der Waals surface area contributed by atoms with Crippen LogP contribution in [-0.2, 0) is 16.6 Å². The number of nitrogens with zero attached hydrogens (tertiary/aromatic N) is 2. The summed E-state index contributed by atoms with van der Waals surface area (Å²) in [7, 11) is -0.658. The second-order valence-corrected chi connectivity index (χ2v) is 9.17. The maximum absolute atomic E-state index is 13.0. The number of hydrogen-bond acceptors (Lipinski definition) is 3. The highest BCUT2D eigenvalue weighted by Gasteiger charge is 2.21. The van der Waals surface area contributed by atoms with Gasteiger partial charge in [0.2, 0.25) is 0 Å². The highest BCUT2D eigenvalue weighted by Crippen LogP contribution is 2.24. The Bertz CT molecular complexity index is 1130. The van der Waals surface area contributed by atoms with Crippen molar-refractivity contribution in [1.82, 2.24) is 4.90 Å². The van der Waals surface area contributed by atoms with Crippen molar-refractivity contribution in [3.05, 3.63) is 94.8 Å². The SMILES string of the molecule is CN(Cc1ccc(F)cc1)C(=O)c1ccc(N(C)S(=O)(=O)c2ccc(Cl)cc2)cc1. The third kappa shape index (κ3) is 4.80. The minimum atomic E-state index is -3.75. The molecule has 0 radical (unpaired) electrons. The molecule has 0 unspecified atom stereocenters. The average molecular weight is 447 g/mol. The summed E-state index contributed by atoms with van der Waals surface area (Å²) in [5.41, 5.74) is 1.64. The predicted molar refractivity (Wildman–Crippen MR) is 116 cm³/mol. The predicted octanol–water partition coefficient (Wildman–Crippen LogP) is 4.58. The summed E-state index contributed by atoms with van der Waals surface area (Å²) >= 11 is 5.83. The van der Waals surface area contributed by atoms with E-state index in [0.717, 1.165) is 9.87 Å². The van der Waals surface area contributed by atoms with Crippen molar-refractivity contribution in [2.75, 3.05) is 18.4 Å². The molecule has 30 heavy (non-hydrogen) atoms. The number of amides is 1. The van der Waals surface area contributed by atoms with Gasteiger partial charge in [0.1, 0.15) is 5.82 Å². The van der Waals surface area contributed by atoms with Crippen LogP contribution in [0.3, 0.4) is 0 Å². The molecule has 1 amide bonds. The summed E-state index contributed by atoms with van der Waals surface area (Å²) in [6.45, 7) is 0.325. The Kier molecular flexibility index (Phi) is 6.43. The molecule has 0 heterocycles. The number of halogens is 2. The average Bonchev–Trinajstić information content (AvgIpc) is 2.74. The molecule has 3 aromatic carbocycles. The number of carbonyl (C=O) groups is 1. The van der Waals surface area contributed by atoms with Crippen LogP contribution in [0.5, 0.6) is 0 Å². The minimum absolute atomic E-state index is 0.119. The fraction of sp³-hybridized carbons (Fsp3) is 0.136. The van der Waals surface area contributed by atoms with Crippen molar-refractivity contribution in [1.29, 1.82) is 0 Å². The molecule has 3 aromatic rings. The topological polar surface area (TPSA) is 57.7 Å². The van der Waals surface area contributed by atoms with Crippen LogP contribution in [0, 0.1) is 5.82 Å². The van der Waals surface area contributed by atoms with Crippen molar-refractivity contribution in [2.24, 2.45) is 0 Å². The Morgan fingerprint density at radius 2 is 1.47 bits per heavy atom. The summed E-state index contributed by atoms with van der Waals surface area (Å²) in [5, 5.41) is 0.448. The smallest absolute Gasteiger partial charge is 0.264 e. The van der Waals surface area contributed by atoms with Crippen LogP contribution < -0.4 is 4.31 Å². The first-order valence-corrected chi connectivity index (χ1v) is 10.8. The van der Waals surface area contributed by atoms with Gasteiger partial charge in [-0.25, -0.2) is 12.8 Å². The molecule has 8 heteroatoms. The van der Waals surface area contributed by atoms with Crippen LogP contribution in [0.25, 0.3) is 0 Å². The van der Waals surface area contributed by atoms with E-state index in [2.05, 4.69) is 0 Å². The quantitative estimate of drug-likeness (QED) is 0.557. The summed E-state index contributed by atoms with van der Waals surface area (Å²) in [6.07, 6.45) is 0. The molecule has 3 rings (SSSR count). The molecule has 0 aliphatic heterocycles. The number of rotatable bonds is 6. The van der Waals surface area contributed by atoms with Gasteiger partial charge < -0.3 is 4.90 Å². The summed E-state index contributed by atoms with van der Waals surface area (Å²) in [5.74, 6) is -0.560. The van der Waals surface area contributed by atoms with Gasteiger partial charge in [-0.3, -0.25) is 9.10 Å². The van der Waals surface area contributed by atoms with E-state index in [-0.39, 0.29) is 16.6 Å².